The number of hydrogen-bond donors (Lipinski definition) is 0. The molecule has 7 heteroatoms. The van der Waals surface area contributed by atoms with E-state index in [0.717, 1.165) is 5.56 Å². The number of carbonyl (C=O) groups is 2. The van der Waals surface area contributed by atoms with Gasteiger partial charge in [0.1, 0.15) is 0 Å². The van der Waals surface area contributed by atoms with Gasteiger partial charge < -0.3 is 9.64 Å². The number of fused-ring (bicyclic) bond motifs is 1. The topological polar surface area (TPSA) is 81.5 Å². The Balaban J connectivity index is 2.07. The minimum absolute atomic E-state index is 0.168. The van der Waals surface area contributed by atoms with Crippen molar-refractivity contribution in [1.82, 2.24) is 14.7 Å². The maximum Gasteiger partial charge on any atom is 0.310 e. The van der Waals surface area contributed by atoms with Gasteiger partial charge in [-0.3, -0.25) is 14.4 Å². The van der Waals surface area contributed by atoms with E-state index in [1.807, 2.05) is 30.3 Å². The summed E-state index contributed by atoms with van der Waals surface area (Å²) in [5, 5.41) is 5.29. The Labute approximate surface area is 174 Å². The van der Waals surface area contributed by atoms with Gasteiger partial charge in [0.15, 0.2) is 5.69 Å². The van der Waals surface area contributed by atoms with E-state index in [1.54, 1.807) is 43.0 Å². The minimum Gasteiger partial charge on any atom is -0.469 e. The zero-order valence-corrected chi connectivity index (χ0v) is 17.4. The first-order valence-corrected chi connectivity index (χ1v) is 9.87. The fraction of sp³-hybridized carbons (Fsp3) is 0.304. The summed E-state index contributed by atoms with van der Waals surface area (Å²) in [4.78, 5) is 39.8. The first-order valence-electron chi connectivity index (χ1n) is 9.87. The van der Waals surface area contributed by atoms with Crippen LogP contribution in [0.3, 0.4) is 0 Å². The van der Waals surface area contributed by atoms with Gasteiger partial charge in [0.25, 0.3) is 11.5 Å². The number of carbonyl (C=O) groups excluding carboxylic acids is 2. The Bertz CT molecular complexity index is 1110. The number of esters is 1. The monoisotopic (exact) mass is 407 g/mol. The Morgan fingerprint density at radius 1 is 1.07 bits per heavy atom. The van der Waals surface area contributed by atoms with Crippen LogP contribution in [0.2, 0.25) is 0 Å². The molecule has 30 heavy (non-hydrogen) atoms. The van der Waals surface area contributed by atoms with Crippen LogP contribution in [0.25, 0.3) is 10.8 Å². The Hall–Kier alpha value is -3.48. The van der Waals surface area contributed by atoms with Crippen LogP contribution in [0.4, 0.5) is 0 Å². The summed E-state index contributed by atoms with van der Waals surface area (Å²) in [6, 6.07) is 16.5. The van der Waals surface area contributed by atoms with Crippen molar-refractivity contribution in [2.24, 2.45) is 5.92 Å². The van der Waals surface area contributed by atoms with E-state index >= 15 is 0 Å². The standard InChI is InChI=1S/C23H25N3O4/c1-4-26-21(27)19-13-9-8-12-18(19)20(24-26)22(28)25(14-16(2)23(29)30-3)15-17-10-6-5-7-11-17/h5-13,16H,4,14-15H2,1-3H3. The molecule has 0 N–H and O–H groups in total. The first kappa shape index (κ1) is 21.2. The molecule has 1 aromatic heterocycles. The van der Waals surface area contributed by atoms with E-state index in [4.69, 9.17) is 4.74 Å². The van der Waals surface area contributed by atoms with Crippen molar-refractivity contribution in [3.63, 3.8) is 0 Å². The molecule has 0 aliphatic carbocycles. The van der Waals surface area contributed by atoms with Gasteiger partial charge in [-0.2, -0.15) is 5.10 Å². The Morgan fingerprint density at radius 2 is 1.70 bits per heavy atom. The summed E-state index contributed by atoms with van der Waals surface area (Å²) < 4.78 is 6.12. The fourth-order valence-electron chi connectivity index (χ4n) is 3.39. The van der Waals surface area contributed by atoms with Crippen molar-refractivity contribution >= 4 is 22.6 Å². The highest BCUT2D eigenvalue weighted by atomic mass is 16.5. The van der Waals surface area contributed by atoms with E-state index in [9.17, 15) is 14.4 Å². The molecule has 2 aromatic carbocycles. The van der Waals surface area contributed by atoms with E-state index in [2.05, 4.69) is 5.10 Å². The second-order valence-electron chi connectivity index (χ2n) is 7.11. The van der Waals surface area contributed by atoms with Gasteiger partial charge in [-0.15, -0.1) is 0 Å². The van der Waals surface area contributed by atoms with Crippen LogP contribution in [0.15, 0.2) is 59.4 Å². The molecule has 0 fully saturated rings. The van der Waals surface area contributed by atoms with Crippen LogP contribution >= 0.6 is 0 Å². The lowest BCUT2D eigenvalue weighted by Gasteiger charge is -2.25. The van der Waals surface area contributed by atoms with Gasteiger partial charge in [-0.25, -0.2) is 4.68 Å². The predicted octanol–water partition coefficient (Wildman–Crippen LogP) is 2.87. The summed E-state index contributed by atoms with van der Waals surface area (Å²) in [7, 11) is 1.33. The zero-order valence-electron chi connectivity index (χ0n) is 17.4. The second-order valence-corrected chi connectivity index (χ2v) is 7.11. The maximum absolute atomic E-state index is 13.6. The van der Waals surface area contributed by atoms with Gasteiger partial charge in [0.05, 0.1) is 18.4 Å². The highest BCUT2D eigenvalue weighted by Gasteiger charge is 2.26. The van der Waals surface area contributed by atoms with Gasteiger partial charge in [0.2, 0.25) is 0 Å². The van der Waals surface area contributed by atoms with E-state index < -0.39 is 11.9 Å². The number of aromatic nitrogens is 2. The SMILES string of the molecule is CCn1nc(C(=O)N(Cc2ccccc2)CC(C)C(=O)OC)c2ccccc2c1=O. The molecule has 0 saturated heterocycles. The molecular weight excluding hydrogens is 382 g/mol. The number of amides is 1. The molecule has 7 nitrogen and oxygen atoms in total. The van der Waals surface area contributed by atoms with Crippen LogP contribution < -0.4 is 5.56 Å². The highest BCUT2D eigenvalue weighted by Crippen LogP contribution is 2.18. The van der Waals surface area contributed by atoms with Gasteiger partial charge in [0, 0.05) is 25.0 Å². The summed E-state index contributed by atoms with van der Waals surface area (Å²) in [5.74, 6) is -1.24. The number of rotatable bonds is 7. The third-order valence-electron chi connectivity index (χ3n) is 4.97. The van der Waals surface area contributed by atoms with Crippen molar-refractivity contribution < 1.29 is 14.3 Å². The van der Waals surface area contributed by atoms with Crippen LogP contribution in [0.5, 0.6) is 0 Å². The number of nitrogens with zero attached hydrogens (tertiary/aromatic N) is 3. The number of methoxy groups -OCH3 is 1. The molecular formula is C23H25N3O4. The van der Waals surface area contributed by atoms with Crippen LogP contribution in [-0.2, 0) is 22.6 Å². The number of aryl methyl sites for hydroxylation is 1. The third kappa shape index (κ3) is 4.40. The summed E-state index contributed by atoms with van der Waals surface area (Å²) in [6.45, 7) is 4.35. The van der Waals surface area contributed by atoms with Crippen molar-refractivity contribution in [3.8, 4) is 0 Å². The molecule has 1 unspecified atom stereocenters. The van der Waals surface area contributed by atoms with E-state index in [0.29, 0.717) is 23.9 Å². The summed E-state index contributed by atoms with van der Waals surface area (Å²) in [5.41, 5.74) is 0.887. The third-order valence-corrected chi connectivity index (χ3v) is 4.97. The molecule has 0 spiro atoms. The zero-order chi connectivity index (χ0) is 21.7. The molecule has 0 aliphatic rings. The average molecular weight is 407 g/mol. The summed E-state index contributed by atoms with van der Waals surface area (Å²) in [6.07, 6.45) is 0. The number of benzene rings is 2. The Morgan fingerprint density at radius 3 is 2.33 bits per heavy atom. The first-order chi connectivity index (χ1) is 14.5. The molecule has 1 heterocycles. The van der Waals surface area contributed by atoms with Crippen molar-refractivity contribution in [2.75, 3.05) is 13.7 Å². The van der Waals surface area contributed by atoms with E-state index in [-0.39, 0.29) is 23.7 Å². The number of ether oxygens (including phenoxy) is 1. The van der Waals surface area contributed by atoms with Gasteiger partial charge in [-0.1, -0.05) is 55.5 Å². The lowest BCUT2D eigenvalue weighted by Crippen LogP contribution is -2.38. The minimum atomic E-state index is -0.508. The molecule has 0 saturated carbocycles. The normalized spacial score (nSPS) is 11.8. The summed E-state index contributed by atoms with van der Waals surface area (Å²) >= 11 is 0. The second kappa shape index (κ2) is 9.35. The lowest BCUT2D eigenvalue weighted by molar-refractivity contribution is -0.145. The average Bonchev–Trinajstić information content (AvgIpc) is 2.78. The molecule has 0 aliphatic heterocycles. The predicted molar refractivity (Wildman–Crippen MR) is 114 cm³/mol. The molecule has 0 radical (unpaired) electrons. The van der Waals surface area contributed by atoms with E-state index in [1.165, 1.54) is 11.8 Å². The number of hydrogen-bond acceptors (Lipinski definition) is 5. The fourth-order valence-corrected chi connectivity index (χ4v) is 3.39. The van der Waals surface area contributed by atoms with Gasteiger partial charge in [-0.05, 0) is 18.6 Å². The van der Waals surface area contributed by atoms with Crippen molar-refractivity contribution in [3.05, 3.63) is 76.2 Å². The van der Waals surface area contributed by atoms with Crippen LogP contribution in [0.1, 0.15) is 29.9 Å². The molecule has 156 valence electrons. The molecule has 3 aromatic rings. The lowest BCUT2D eigenvalue weighted by atomic mass is 10.1. The highest BCUT2D eigenvalue weighted by molar-refractivity contribution is 6.04. The molecule has 0 bridgehead atoms. The smallest absolute Gasteiger partial charge is 0.310 e. The molecule has 1 amide bonds. The molecule has 1 atom stereocenters. The van der Waals surface area contributed by atoms with Crippen LogP contribution in [0, 0.1) is 5.92 Å². The maximum atomic E-state index is 13.6. The Kier molecular flexibility index (Phi) is 6.61. The molecule has 3 rings (SSSR count). The quantitative estimate of drug-likeness (QED) is 0.563. The van der Waals surface area contributed by atoms with Crippen molar-refractivity contribution in [2.45, 2.75) is 26.9 Å². The van der Waals surface area contributed by atoms with Gasteiger partial charge >= 0.3 is 5.97 Å². The van der Waals surface area contributed by atoms with Crippen molar-refractivity contribution in [1.29, 1.82) is 0 Å². The largest absolute Gasteiger partial charge is 0.469 e. The van der Waals surface area contributed by atoms with Crippen LogP contribution in [-0.4, -0.2) is 40.2 Å².